The number of halogens is 1. The van der Waals surface area contributed by atoms with Gasteiger partial charge in [-0.15, -0.1) is 0 Å². The highest BCUT2D eigenvalue weighted by Crippen LogP contribution is 2.31. The predicted octanol–water partition coefficient (Wildman–Crippen LogP) is 2.16. The molecule has 0 bridgehead atoms. The summed E-state index contributed by atoms with van der Waals surface area (Å²) in [5.74, 6) is -0.0456. The van der Waals surface area contributed by atoms with Crippen LogP contribution in [0.4, 0.5) is 4.39 Å². The fourth-order valence-corrected chi connectivity index (χ4v) is 3.47. The summed E-state index contributed by atoms with van der Waals surface area (Å²) in [5.41, 5.74) is 0.797. The summed E-state index contributed by atoms with van der Waals surface area (Å²) in [6.45, 7) is 0.965. The molecule has 0 radical (unpaired) electrons. The molecule has 0 heterocycles. The van der Waals surface area contributed by atoms with Crippen LogP contribution in [0.3, 0.4) is 0 Å². The Kier molecular flexibility index (Phi) is 4.28. The van der Waals surface area contributed by atoms with Crippen molar-refractivity contribution in [2.45, 2.75) is 49.6 Å². The molecule has 0 unspecified atom stereocenters. The van der Waals surface area contributed by atoms with Gasteiger partial charge in [0, 0.05) is 19.1 Å². The molecule has 2 saturated carbocycles. The highest BCUT2D eigenvalue weighted by molar-refractivity contribution is 7.89. The summed E-state index contributed by atoms with van der Waals surface area (Å²) < 4.78 is 40.7. The highest BCUT2D eigenvalue weighted by atomic mass is 32.2. The first kappa shape index (κ1) is 14.9. The number of hydrogen-bond acceptors (Lipinski definition) is 3. The van der Waals surface area contributed by atoms with Crippen LogP contribution in [-0.4, -0.2) is 21.0 Å². The van der Waals surface area contributed by atoms with Gasteiger partial charge < -0.3 is 5.32 Å². The van der Waals surface area contributed by atoms with Gasteiger partial charge in [-0.1, -0.05) is 18.9 Å². The number of sulfonamides is 1. The molecule has 2 aliphatic rings. The molecule has 1 aromatic carbocycles. The van der Waals surface area contributed by atoms with Crippen molar-refractivity contribution in [1.29, 1.82) is 0 Å². The van der Waals surface area contributed by atoms with Gasteiger partial charge in [-0.05, 0) is 42.9 Å². The van der Waals surface area contributed by atoms with Crippen molar-refractivity contribution in [2.24, 2.45) is 5.92 Å². The zero-order valence-corrected chi connectivity index (χ0v) is 12.8. The minimum atomic E-state index is -3.76. The maximum Gasteiger partial charge on any atom is 0.243 e. The van der Waals surface area contributed by atoms with Gasteiger partial charge in [0.1, 0.15) is 10.7 Å². The van der Waals surface area contributed by atoms with Crippen molar-refractivity contribution >= 4 is 10.0 Å². The van der Waals surface area contributed by atoms with Crippen molar-refractivity contribution in [2.75, 3.05) is 6.54 Å². The summed E-state index contributed by atoms with van der Waals surface area (Å²) in [5, 5.41) is 3.30. The van der Waals surface area contributed by atoms with E-state index < -0.39 is 15.8 Å². The van der Waals surface area contributed by atoms with Gasteiger partial charge in [0.05, 0.1) is 0 Å². The molecule has 0 amide bonds. The Labute approximate surface area is 125 Å². The second-order valence-electron chi connectivity index (χ2n) is 6.05. The molecule has 0 saturated heterocycles. The summed E-state index contributed by atoms with van der Waals surface area (Å²) in [4.78, 5) is -0.242. The fraction of sp³-hybridized carbons (Fsp3) is 0.600. The lowest BCUT2D eigenvalue weighted by Gasteiger charge is -2.10. The van der Waals surface area contributed by atoms with E-state index in [1.54, 1.807) is 6.07 Å². The highest BCUT2D eigenvalue weighted by Gasteiger charge is 2.24. The second-order valence-corrected chi connectivity index (χ2v) is 7.79. The Morgan fingerprint density at radius 1 is 1.19 bits per heavy atom. The normalized spacial score (nSPS) is 18.9. The quantitative estimate of drug-likeness (QED) is 0.773. The molecular weight excluding hydrogens is 291 g/mol. The molecule has 0 atom stereocenters. The zero-order chi connectivity index (χ0) is 14.9. The lowest BCUT2D eigenvalue weighted by Crippen LogP contribution is -2.26. The van der Waals surface area contributed by atoms with E-state index >= 15 is 0 Å². The van der Waals surface area contributed by atoms with Crippen molar-refractivity contribution in [3.8, 4) is 0 Å². The Morgan fingerprint density at radius 3 is 2.62 bits per heavy atom. The van der Waals surface area contributed by atoms with Crippen molar-refractivity contribution in [1.82, 2.24) is 10.0 Å². The number of rotatable bonds is 8. The van der Waals surface area contributed by atoms with Gasteiger partial charge in [-0.25, -0.2) is 17.5 Å². The van der Waals surface area contributed by atoms with Crippen LogP contribution in [-0.2, 0) is 16.6 Å². The van der Waals surface area contributed by atoms with Gasteiger partial charge in [0.25, 0.3) is 0 Å². The molecule has 0 aliphatic heterocycles. The van der Waals surface area contributed by atoms with Gasteiger partial charge in [-0.3, -0.25) is 0 Å². The lowest BCUT2D eigenvalue weighted by molar-refractivity contribution is 0.552. The van der Waals surface area contributed by atoms with Crippen molar-refractivity contribution in [3.05, 3.63) is 29.6 Å². The minimum Gasteiger partial charge on any atom is -0.310 e. The second kappa shape index (κ2) is 6.02. The smallest absolute Gasteiger partial charge is 0.243 e. The van der Waals surface area contributed by atoms with E-state index in [2.05, 4.69) is 10.0 Å². The number of hydrogen-bond donors (Lipinski definition) is 2. The van der Waals surface area contributed by atoms with E-state index in [9.17, 15) is 12.8 Å². The molecule has 0 aromatic heterocycles. The van der Waals surface area contributed by atoms with Crippen LogP contribution in [0.5, 0.6) is 0 Å². The summed E-state index contributed by atoms with van der Waals surface area (Å²) in [6, 6.07) is 4.84. The Morgan fingerprint density at radius 2 is 1.95 bits per heavy atom. The number of benzene rings is 1. The Hall–Kier alpha value is -0.980. The van der Waals surface area contributed by atoms with Crippen LogP contribution in [0.15, 0.2) is 23.1 Å². The molecule has 2 N–H and O–H groups in total. The van der Waals surface area contributed by atoms with Gasteiger partial charge in [-0.2, -0.15) is 0 Å². The van der Waals surface area contributed by atoms with E-state index in [1.807, 2.05) is 0 Å². The lowest BCUT2D eigenvalue weighted by atomic mass is 10.2. The largest absolute Gasteiger partial charge is 0.310 e. The van der Waals surface area contributed by atoms with Gasteiger partial charge >= 0.3 is 0 Å². The molecule has 116 valence electrons. The van der Waals surface area contributed by atoms with Crippen LogP contribution >= 0.6 is 0 Å². The molecule has 2 aliphatic carbocycles. The first-order valence-corrected chi connectivity index (χ1v) is 9.04. The molecule has 3 rings (SSSR count). The van der Waals surface area contributed by atoms with Crippen LogP contribution in [0.1, 0.15) is 37.7 Å². The molecule has 1 aromatic rings. The van der Waals surface area contributed by atoms with Crippen LogP contribution < -0.4 is 10.0 Å². The van der Waals surface area contributed by atoms with E-state index in [1.165, 1.54) is 25.0 Å². The molecule has 2 fully saturated rings. The topological polar surface area (TPSA) is 58.2 Å². The van der Waals surface area contributed by atoms with E-state index in [0.29, 0.717) is 25.0 Å². The van der Waals surface area contributed by atoms with Crippen molar-refractivity contribution < 1.29 is 12.8 Å². The minimum absolute atomic E-state index is 0.242. The molecular formula is C15H21FN2O2S. The van der Waals surface area contributed by atoms with Gasteiger partial charge in [0.2, 0.25) is 10.0 Å². The average Bonchev–Trinajstić information content (AvgIpc) is 3.32. The summed E-state index contributed by atoms with van der Waals surface area (Å²) >= 11 is 0. The third kappa shape index (κ3) is 4.25. The van der Waals surface area contributed by atoms with E-state index in [4.69, 9.17) is 0 Å². The van der Waals surface area contributed by atoms with Gasteiger partial charge in [0.15, 0.2) is 0 Å². The fourth-order valence-electron chi connectivity index (χ4n) is 2.30. The Bertz CT molecular complexity index is 610. The molecule has 0 spiro atoms. The zero-order valence-electron chi connectivity index (χ0n) is 11.9. The van der Waals surface area contributed by atoms with Crippen LogP contribution in [0, 0.1) is 11.7 Å². The first-order chi connectivity index (χ1) is 10.0. The van der Waals surface area contributed by atoms with E-state index in [-0.39, 0.29) is 4.90 Å². The van der Waals surface area contributed by atoms with Crippen LogP contribution in [0.2, 0.25) is 0 Å². The monoisotopic (exact) mass is 312 g/mol. The molecule has 21 heavy (non-hydrogen) atoms. The summed E-state index contributed by atoms with van der Waals surface area (Å²) in [7, 11) is -3.76. The summed E-state index contributed by atoms with van der Waals surface area (Å²) in [6.07, 6.45) is 5.52. The van der Waals surface area contributed by atoms with Crippen LogP contribution in [0.25, 0.3) is 0 Å². The first-order valence-electron chi connectivity index (χ1n) is 7.56. The van der Waals surface area contributed by atoms with Crippen molar-refractivity contribution in [3.63, 3.8) is 0 Å². The SMILES string of the molecule is O=S(=O)(NCCC1CC1)c1cc(CNC2CC2)ccc1F. The number of nitrogens with one attached hydrogen (secondary N) is 2. The standard InChI is InChI=1S/C15H21FN2O2S/c16-14-6-3-12(10-17-13-4-5-13)9-15(14)21(19,20)18-8-7-11-1-2-11/h3,6,9,11,13,17-18H,1-2,4-5,7-8,10H2. The Balaban J connectivity index is 1.66. The molecule has 6 heteroatoms. The maximum atomic E-state index is 13.8. The molecule has 4 nitrogen and oxygen atoms in total. The average molecular weight is 312 g/mol. The third-order valence-electron chi connectivity index (χ3n) is 4.00. The maximum absolute atomic E-state index is 13.8. The third-order valence-corrected chi connectivity index (χ3v) is 5.47. The van der Waals surface area contributed by atoms with E-state index in [0.717, 1.165) is 24.8 Å². The predicted molar refractivity (Wildman–Crippen MR) is 78.8 cm³/mol.